The molecule has 0 aliphatic carbocycles. The summed E-state index contributed by atoms with van der Waals surface area (Å²) < 4.78 is 41.2. The van der Waals surface area contributed by atoms with Crippen LogP contribution in [-0.2, 0) is 24.4 Å². The van der Waals surface area contributed by atoms with Crippen molar-refractivity contribution in [2.45, 2.75) is 24.8 Å². The first kappa shape index (κ1) is 25.6. The Bertz CT molecular complexity index is 1260. The third-order valence-electron chi connectivity index (χ3n) is 4.34. The van der Waals surface area contributed by atoms with Gasteiger partial charge in [0.15, 0.2) is 11.5 Å². The number of thioether (sulfide) groups is 1. The molecule has 0 saturated carbocycles. The summed E-state index contributed by atoms with van der Waals surface area (Å²) in [6.45, 7) is 2.76. The fourth-order valence-corrected chi connectivity index (χ4v) is 4.78. The molecule has 1 aliphatic rings. The van der Waals surface area contributed by atoms with Crippen molar-refractivity contribution < 1.29 is 36.5 Å². The van der Waals surface area contributed by atoms with E-state index in [9.17, 15) is 22.8 Å². The first-order valence-electron chi connectivity index (χ1n) is 9.83. The minimum Gasteiger partial charge on any atom is -0.493 e. The van der Waals surface area contributed by atoms with Gasteiger partial charge in [0, 0.05) is 10.6 Å². The lowest BCUT2D eigenvalue weighted by Gasteiger charge is -2.14. The van der Waals surface area contributed by atoms with Gasteiger partial charge in [0.2, 0.25) is 0 Å². The summed E-state index contributed by atoms with van der Waals surface area (Å²) in [5.74, 6) is -1.53. The van der Waals surface area contributed by atoms with Gasteiger partial charge in [-0.1, -0.05) is 23.7 Å². The van der Waals surface area contributed by atoms with Gasteiger partial charge in [0.25, 0.3) is 11.1 Å². The van der Waals surface area contributed by atoms with Crippen molar-refractivity contribution in [2.75, 3.05) is 13.7 Å². The highest BCUT2D eigenvalue weighted by atomic mass is 35.5. The van der Waals surface area contributed by atoms with Crippen LogP contribution in [0.5, 0.6) is 11.5 Å². The third kappa shape index (κ3) is 5.91. The van der Waals surface area contributed by atoms with Gasteiger partial charge >= 0.3 is 16.1 Å². The number of rotatable bonds is 8. The van der Waals surface area contributed by atoms with Crippen LogP contribution in [0.1, 0.15) is 19.4 Å². The Kier molecular flexibility index (Phi) is 7.90. The Morgan fingerprint density at radius 3 is 2.44 bits per heavy atom. The SMILES string of the molecule is COc1cccc(/C=C2\SC(=O)N(CC(=O)OC(C)C)C2=O)c1OS(=O)(=O)c1ccc(Cl)cc1. The molecule has 0 bridgehead atoms. The fourth-order valence-electron chi connectivity index (χ4n) is 2.86. The highest BCUT2D eigenvalue weighted by molar-refractivity contribution is 8.18. The van der Waals surface area contributed by atoms with Gasteiger partial charge in [0.05, 0.1) is 18.1 Å². The lowest BCUT2D eigenvalue weighted by molar-refractivity contribution is -0.149. The zero-order chi connectivity index (χ0) is 25.0. The topological polar surface area (TPSA) is 116 Å². The molecule has 9 nitrogen and oxygen atoms in total. The Morgan fingerprint density at radius 1 is 1.15 bits per heavy atom. The number of amides is 2. The van der Waals surface area contributed by atoms with E-state index in [4.69, 9.17) is 25.3 Å². The third-order valence-corrected chi connectivity index (χ3v) is 6.73. The molecule has 0 aromatic heterocycles. The molecular formula is C22H20ClNO8S2. The van der Waals surface area contributed by atoms with Crippen LogP contribution in [0.4, 0.5) is 4.79 Å². The molecule has 0 atom stereocenters. The molecule has 2 amide bonds. The highest BCUT2D eigenvalue weighted by Gasteiger charge is 2.37. The number of carbonyl (C=O) groups is 3. The van der Waals surface area contributed by atoms with Crippen LogP contribution in [0.15, 0.2) is 52.3 Å². The van der Waals surface area contributed by atoms with Crippen molar-refractivity contribution in [2.24, 2.45) is 0 Å². The molecule has 0 N–H and O–H groups in total. The lowest BCUT2D eigenvalue weighted by atomic mass is 10.1. The number of para-hydroxylation sites is 1. The predicted octanol–water partition coefficient (Wildman–Crippen LogP) is 4.10. The molecule has 0 spiro atoms. The number of ether oxygens (including phenoxy) is 2. The number of nitrogens with zero attached hydrogens (tertiary/aromatic N) is 1. The van der Waals surface area contributed by atoms with E-state index in [1.54, 1.807) is 19.9 Å². The standard InChI is InChI=1S/C22H20ClNO8S2/c1-13(2)31-19(25)12-24-21(26)18(33-22(24)27)11-14-5-4-6-17(30-3)20(14)32-34(28,29)16-9-7-15(23)8-10-16/h4-11,13H,12H2,1-3H3/b18-11-. The number of imide groups is 1. The molecule has 34 heavy (non-hydrogen) atoms. The molecule has 180 valence electrons. The van der Waals surface area contributed by atoms with E-state index in [0.29, 0.717) is 16.8 Å². The molecule has 0 unspecified atom stereocenters. The van der Waals surface area contributed by atoms with Gasteiger partial charge in [-0.05, 0) is 62.0 Å². The minimum atomic E-state index is -4.28. The number of carbonyl (C=O) groups excluding carboxylic acids is 3. The summed E-state index contributed by atoms with van der Waals surface area (Å²) in [6.07, 6.45) is 0.899. The predicted molar refractivity (Wildman–Crippen MR) is 126 cm³/mol. The van der Waals surface area contributed by atoms with Crippen molar-refractivity contribution in [1.82, 2.24) is 4.90 Å². The maximum atomic E-state index is 12.8. The Hall–Kier alpha value is -3.02. The largest absolute Gasteiger partial charge is 0.493 e. The van der Waals surface area contributed by atoms with Crippen LogP contribution >= 0.6 is 23.4 Å². The average molecular weight is 526 g/mol. The number of halogens is 1. The van der Waals surface area contributed by atoms with Gasteiger partial charge in [-0.25, -0.2) is 0 Å². The summed E-state index contributed by atoms with van der Waals surface area (Å²) in [4.78, 5) is 37.6. The van der Waals surface area contributed by atoms with Crippen LogP contribution in [0, 0.1) is 0 Å². The van der Waals surface area contributed by atoms with Crippen molar-refractivity contribution in [3.63, 3.8) is 0 Å². The van der Waals surface area contributed by atoms with E-state index in [-0.39, 0.29) is 26.9 Å². The minimum absolute atomic E-state index is 0.0238. The molecule has 1 heterocycles. The maximum Gasteiger partial charge on any atom is 0.339 e. The molecule has 0 radical (unpaired) electrons. The fraction of sp³-hybridized carbons (Fsp3) is 0.227. The van der Waals surface area contributed by atoms with Gasteiger partial charge in [0.1, 0.15) is 11.4 Å². The zero-order valence-electron chi connectivity index (χ0n) is 18.3. The molecule has 2 aromatic carbocycles. The summed E-state index contributed by atoms with van der Waals surface area (Å²) in [7, 11) is -2.95. The van der Waals surface area contributed by atoms with E-state index < -0.39 is 39.9 Å². The van der Waals surface area contributed by atoms with Crippen LogP contribution in [0.25, 0.3) is 6.08 Å². The Labute approximate surface area is 205 Å². The summed E-state index contributed by atoms with van der Waals surface area (Å²) in [5.41, 5.74) is 0.173. The molecule has 1 fully saturated rings. The van der Waals surface area contributed by atoms with Gasteiger partial charge in [-0.15, -0.1) is 0 Å². The number of benzene rings is 2. The molecule has 2 aromatic rings. The van der Waals surface area contributed by atoms with Crippen LogP contribution < -0.4 is 8.92 Å². The highest BCUT2D eigenvalue weighted by Crippen LogP contribution is 2.38. The summed E-state index contributed by atoms with van der Waals surface area (Å²) in [6, 6.07) is 9.93. The monoisotopic (exact) mass is 525 g/mol. The first-order valence-corrected chi connectivity index (χ1v) is 12.4. The number of hydrogen-bond acceptors (Lipinski definition) is 9. The Morgan fingerprint density at radius 2 is 1.82 bits per heavy atom. The summed E-state index contributed by atoms with van der Waals surface area (Å²) in [5, 5.41) is -0.305. The van der Waals surface area contributed by atoms with Crippen LogP contribution in [-0.4, -0.2) is 50.2 Å². The lowest BCUT2D eigenvalue weighted by Crippen LogP contribution is -2.35. The summed E-state index contributed by atoms with van der Waals surface area (Å²) >= 11 is 6.43. The van der Waals surface area contributed by atoms with Crippen molar-refractivity contribution >= 4 is 56.7 Å². The van der Waals surface area contributed by atoms with Gasteiger partial charge in [-0.3, -0.25) is 19.3 Å². The first-order chi connectivity index (χ1) is 16.0. The number of esters is 1. The number of hydrogen-bond donors (Lipinski definition) is 0. The number of methoxy groups -OCH3 is 1. The van der Waals surface area contributed by atoms with Gasteiger partial charge in [-0.2, -0.15) is 8.42 Å². The smallest absolute Gasteiger partial charge is 0.339 e. The quantitative estimate of drug-likeness (QED) is 0.285. The average Bonchev–Trinajstić information content (AvgIpc) is 3.01. The van der Waals surface area contributed by atoms with E-state index >= 15 is 0 Å². The normalized spacial score (nSPS) is 15.2. The van der Waals surface area contributed by atoms with Crippen LogP contribution in [0.2, 0.25) is 5.02 Å². The zero-order valence-corrected chi connectivity index (χ0v) is 20.7. The molecule has 12 heteroatoms. The van der Waals surface area contributed by atoms with Crippen molar-refractivity contribution in [3.05, 3.63) is 58.0 Å². The van der Waals surface area contributed by atoms with Crippen molar-refractivity contribution in [1.29, 1.82) is 0 Å². The van der Waals surface area contributed by atoms with Crippen molar-refractivity contribution in [3.8, 4) is 11.5 Å². The van der Waals surface area contributed by atoms with E-state index in [0.717, 1.165) is 4.90 Å². The van der Waals surface area contributed by atoms with E-state index in [1.165, 1.54) is 49.6 Å². The molecule has 3 rings (SSSR count). The molecule has 1 saturated heterocycles. The van der Waals surface area contributed by atoms with E-state index in [1.807, 2.05) is 0 Å². The van der Waals surface area contributed by atoms with Gasteiger partial charge < -0.3 is 13.7 Å². The molecule has 1 aliphatic heterocycles. The van der Waals surface area contributed by atoms with Crippen LogP contribution in [0.3, 0.4) is 0 Å². The second-order valence-corrected chi connectivity index (χ2v) is 10.2. The second-order valence-electron chi connectivity index (χ2n) is 7.18. The molecular weight excluding hydrogens is 506 g/mol. The Balaban J connectivity index is 1.94. The second kappa shape index (κ2) is 10.5. The van der Waals surface area contributed by atoms with E-state index in [2.05, 4.69) is 0 Å². The maximum absolute atomic E-state index is 12.8.